The maximum atomic E-state index is 12.1. The molecule has 2 aliphatic heterocycles. The molecule has 1 atom stereocenters. The van der Waals surface area contributed by atoms with E-state index in [0.717, 1.165) is 54.3 Å². The summed E-state index contributed by atoms with van der Waals surface area (Å²) in [5.41, 5.74) is 7.52. The Kier molecular flexibility index (Phi) is 6.59. The molecule has 0 radical (unpaired) electrons. The number of nitrogen functional groups attached to an aromatic ring is 1. The maximum Gasteiger partial charge on any atom is 0.251 e. The quantitative estimate of drug-likeness (QED) is 0.551. The third-order valence-corrected chi connectivity index (χ3v) is 7.29. The number of fused-ring (bicyclic) bond motifs is 1. The number of aromatic nitrogens is 3. The van der Waals surface area contributed by atoms with E-state index >= 15 is 0 Å². The van der Waals surface area contributed by atoms with Crippen molar-refractivity contribution in [1.29, 1.82) is 0 Å². The first kappa shape index (κ1) is 22.9. The fourth-order valence-corrected chi connectivity index (χ4v) is 5.46. The topological polar surface area (TPSA) is 121 Å². The van der Waals surface area contributed by atoms with Crippen LogP contribution < -0.4 is 10.6 Å². The minimum atomic E-state index is -0.947. The molecule has 0 unspecified atom stereocenters. The van der Waals surface area contributed by atoms with E-state index in [1.54, 1.807) is 28.5 Å². The molecule has 2 aliphatic rings. The molecule has 5 rings (SSSR count). The van der Waals surface area contributed by atoms with Gasteiger partial charge in [0.15, 0.2) is 11.6 Å². The monoisotopic (exact) mass is 483 g/mol. The molecule has 3 N–H and O–H groups in total. The third kappa shape index (κ3) is 4.83. The van der Waals surface area contributed by atoms with Gasteiger partial charge in [-0.25, -0.2) is 15.0 Å². The Labute approximate surface area is 202 Å². The number of nitrogens with two attached hydrogens (primary N) is 1. The van der Waals surface area contributed by atoms with Gasteiger partial charge in [-0.2, -0.15) is 0 Å². The minimum Gasteiger partial charge on any atom is -0.384 e. The number of carbonyl (C=O) groups excluding carboxylic acids is 1. The number of rotatable bonds is 5. The summed E-state index contributed by atoms with van der Waals surface area (Å²) < 4.78 is 6.63. The van der Waals surface area contributed by atoms with Crippen LogP contribution in [0.2, 0.25) is 0 Å². The van der Waals surface area contributed by atoms with Crippen molar-refractivity contribution in [2.45, 2.75) is 19.6 Å². The number of hydrogen-bond acceptors (Lipinski definition) is 10. The van der Waals surface area contributed by atoms with Crippen molar-refractivity contribution < 1.29 is 14.6 Å². The zero-order chi connectivity index (χ0) is 23.7. The second-order valence-electron chi connectivity index (χ2n) is 8.65. The highest BCUT2D eigenvalue weighted by Gasteiger charge is 2.25. The lowest BCUT2D eigenvalue weighted by Crippen LogP contribution is -2.50. The number of ether oxygens (including phenoxy) is 1. The van der Waals surface area contributed by atoms with Crippen molar-refractivity contribution in [2.75, 3.05) is 63.1 Å². The van der Waals surface area contributed by atoms with Crippen molar-refractivity contribution in [2.24, 2.45) is 0 Å². The van der Waals surface area contributed by atoms with Crippen LogP contribution in [0.25, 0.3) is 21.6 Å². The van der Waals surface area contributed by atoms with Crippen LogP contribution >= 0.6 is 11.3 Å². The number of thiophene rings is 1. The molecule has 180 valence electrons. The number of pyridine rings is 1. The summed E-state index contributed by atoms with van der Waals surface area (Å²) in [5.74, 6) is 1.84. The molecule has 0 saturated carbocycles. The van der Waals surface area contributed by atoms with E-state index in [1.807, 2.05) is 6.07 Å². The first-order valence-electron chi connectivity index (χ1n) is 11.5. The molecule has 0 spiro atoms. The Bertz CT molecular complexity index is 1150. The van der Waals surface area contributed by atoms with Crippen molar-refractivity contribution in [3.05, 3.63) is 29.3 Å². The van der Waals surface area contributed by atoms with Gasteiger partial charge in [-0.05, 0) is 25.1 Å². The average Bonchev–Trinajstić information content (AvgIpc) is 3.26. The molecule has 2 fully saturated rings. The van der Waals surface area contributed by atoms with Crippen LogP contribution in [0.5, 0.6) is 0 Å². The number of aliphatic hydroxyl groups is 1. The number of anilines is 2. The van der Waals surface area contributed by atoms with E-state index in [9.17, 15) is 9.90 Å². The Morgan fingerprint density at radius 1 is 1.18 bits per heavy atom. The fourth-order valence-electron chi connectivity index (χ4n) is 4.31. The number of hydrogen-bond donors (Lipinski definition) is 2. The molecule has 1 amide bonds. The van der Waals surface area contributed by atoms with Crippen LogP contribution in [0, 0.1) is 0 Å². The molecule has 5 heterocycles. The molecule has 3 aromatic heterocycles. The molecule has 10 nitrogen and oxygen atoms in total. The summed E-state index contributed by atoms with van der Waals surface area (Å²) >= 11 is 1.72. The Morgan fingerprint density at radius 3 is 2.62 bits per heavy atom. The largest absolute Gasteiger partial charge is 0.384 e. The van der Waals surface area contributed by atoms with Gasteiger partial charge in [0.05, 0.1) is 23.4 Å². The molecule has 3 aromatic rings. The van der Waals surface area contributed by atoms with Crippen LogP contribution in [-0.2, 0) is 16.1 Å². The van der Waals surface area contributed by atoms with E-state index in [4.69, 9.17) is 20.4 Å². The van der Waals surface area contributed by atoms with E-state index in [1.165, 1.54) is 11.8 Å². The third-order valence-electron chi connectivity index (χ3n) is 6.18. The second kappa shape index (κ2) is 9.79. The van der Waals surface area contributed by atoms with Crippen LogP contribution in [0.15, 0.2) is 24.4 Å². The predicted octanol–water partition coefficient (Wildman–Crippen LogP) is 1.20. The Morgan fingerprint density at radius 2 is 1.94 bits per heavy atom. The predicted molar refractivity (Wildman–Crippen MR) is 132 cm³/mol. The highest BCUT2D eigenvalue weighted by Crippen LogP contribution is 2.35. The SMILES string of the molecule is C[C@H](O)C(=O)N1CCN(Cc2cc3nc(-c4ccc(N)nc4)nc(N4CCOCC4)c3s2)CC1. The van der Waals surface area contributed by atoms with E-state index in [0.29, 0.717) is 37.9 Å². The summed E-state index contributed by atoms with van der Waals surface area (Å²) in [7, 11) is 0. The van der Waals surface area contributed by atoms with Crippen molar-refractivity contribution in [3.8, 4) is 11.4 Å². The number of carbonyl (C=O) groups is 1. The summed E-state index contributed by atoms with van der Waals surface area (Å²) in [6.45, 7) is 8.05. The molecule has 34 heavy (non-hydrogen) atoms. The zero-order valence-corrected chi connectivity index (χ0v) is 20.0. The Hall–Kier alpha value is -2.86. The summed E-state index contributed by atoms with van der Waals surface area (Å²) in [6, 6.07) is 5.80. The van der Waals surface area contributed by atoms with Gasteiger partial charge in [0.25, 0.3) is 5.91 Å². The summed E-state index contributed by atoms with van der Waals surface area (Å²) in [5, 5.41) is 9.57. The molecule has 0 aliphatic carbocycles. The van der Waals surface area contributed by atoms with Gasteiger partial charge < -0.3 is 25.4 Å². The first-order chi connectivity index (χ1) is 16.5. The lowest BCUT2D eigenvalue weighted by Gasteiger charge is -2.35. The van der Waals surface area contributed by atoms with Crippen LogP contribution in [0.1, 0.15) is 11.8 Å². The highest BCUT2D eigenvalue weighted by atomic mass is 32.1. The van der Waals surface area contributed by atoms with Gasteiger partial charge in [-0.1, -0.05) is 0 Å². The molecular formula is C23H29N7O3S. The van der Waals surface area contributed by atoms with Gasteiger partial charge in [0, 0.05) is 62.5 Å². The fraction of sp³-hybridized carbons (Fsp3) is 0.478. The number of aliphatic hydroxyl groups excluding tert-OH is 1. The van der Waals surface area contributed by atoms with Crippen molar-refractivity contribution in [1.82, 2.24) is 24.8 Å². The molecule has 0 aromatic carbocycles. The van der Waals surface area contributed by atoms with Crippen LogP contribution in [0.4, 0.5) is 11.6 Å². The summed E-state index contributed by atoms with van der Waals surface area (Å²) in [6.07, 6.45) is 0.762. The number of nitrogens with zero attached hydrogens (tertiary/aromatic N) is 6. The minimum absolute atomic E-state index is 0.198. The lowest BCUT2D eigenvalue weighted by molar-refractivity contribution is -0.141. The summed E-state index contributed by atoms with van der Waals surface area (Å²) in [4.78, 5) is 33.6. The zero-order valence-electron chi connectivity index (χ0n) is 19.2. The highest BCUT2D eigenvalue weighted by molar-refractivity contribution is 7.19. The first-order valence-corrected chi connectivity index (χ1v) is 12.3. The Balaban J connectivity index is 1.41. The number of amides is 1. The smallest absolute Gasteiger partial charge is 0.251 e. The van der Waals surface area contributed by atoms with E-state index in [2.05, 4.69) is 20.9 Å². The lowest BCUT2D eigenvalue weighted by atomic mass is 10.2. The van der Waals surface area contributed by atoms with Crippen molar-refractivity contribution in [3.63, 3.8) is 0 Å². The van der Waals surface area contributed by atoms with Crippen LogP contribution in [0.3, 0.4) is 0 Å². The van der Waals surface area contributed by atoms with Gasteiger partial charge >= 0.3 is 0 Å². The molecule has 0 bridgehead atoms. The van der Waals surface area contributed by atoms with Gasteiger partial charge in [0.1, 0.15) is 11.9 Å². The van der Waals surface area contributed by atoms with Crippen LogP contribution in [-0.4, -0.2) is 94.4 Å². The number of morpholine rings is 1. The maximum absolute atomic E-state index is 12.1. The normalized spacial score (nSPS) is 18.4. The molecule has 11 heteroatoms. The molecule has 2 saturated heterocycles. The van der Waals surface area contributed by atoms with E-state index < -0.39 is 6.10 Å². The van der Waals surface area contributed by atoms with Gasteiger partial charge in [-0.3, -0.25) is 9.69 Å². The molecular weight excluding hydrogens is 454 g/mol. The van der Waals surface area contributed by atoms with Gasteiger partial charge in [0.2, 0.25) is 0 Å². The average molecular weight is 484 g/mol. The second-order valence-corrected chi connectivity index (χ2v) is 9.78. The standard InChI is InChI=1S/C23H29N7O3S/c1-15(31)23(32)30-6-4-28(5-7-30)14-17-12-18-20(34-17)22(29-8-10-33-11-9-29)27-21(26-18)16-2-3-19(24)25-13-16/h2-3,12-13,15,31H,4-11,14H2,1H3,(H2,24,25)/t15-/m0/s1. The van der Waals surface area contributed by atoms with Crippen molar-refractivity contribution >= 4 is 39.1 Å². The van der Waals surface area contributed by atoms with Gasteiger partial charge in [-0.15, -0.1) is 11.3 Å². The van der Waals surface area contributed by atoms with E-state index in [-0.39, 0.29) is 5.91 Å². The number of piperazine rings is 1.